The highest BCUT2D eigenvalue weighted by atomic mass is 19.4. The lowest BCUT2D eigenvalue weighted by atomic mass is 10.1. The molecule has 2 aromatic rings. The number of nitrogens with zero attached hydrogens (tertiary/aromatic N) is 1. The van der Waals surface area contributed by atoms with Gasteiger partial charge in [-0.05, 0) is 24.6 Å². The molecule has 1 aliphatic rings. The fraction of sp³-hybridized carbons (Fsp3) is 0.385. The fourth-order valence-corrected chi connectivity index (χ4v) is 2.28. The van der Waals surface area contributed by atoms with E-state index in [9.17, 15) is 18.0 Å². The van der Waals surface area contributed by atoms with Gasteiger partial charge in [-0.2, -0.15) is 13.2 Å². The highest BCUT2D eigenvalue weighted by molar-refractivity contribution is 5.78. The van der Waals surface area contributed by atoms with Crippen molar-refractivity contribution in [3.8, 4) is 0 Å². The summed E-state index contributed by atoms with van der Waals surface area (Å²) in [4.78, 5) is 18.7. The maximum Gasteiger partial charge on any atom is 0.416 e. The smallest absolute Gasteiger partial charge is 0.381 e. The Morgan fingerprint density at radius 1 is 1.35 bits per heavy atom. The van der Waals surface area contributed by atoms with Gasteiger partial charge in [-0.15, -0.1) is 0 Å². The molecule has 0 aliphatic carbocycles. The number of benzene rings is 1. The quantitative estimate of drug-likeness (QED) is 0.875. The molecule has 0 bridgehead atoms. The van der Waals surface area contributed by atoms with Gasteiger partial charge in [0.25, 0.3) is 5.56 Å². The molecule has 7 heteroatoms. The van der Waals surface area contributed by atoms with Crippen LogP contribution in [0.4, 0.5) is 13.2 Å². The Morgan fingerprint density at radius 2 is 2.15 bits per heavy atom. The Kier molecular flexibility index (Phi) is 3.01. The number of nitrogens with one attached hydrogen (secondary N) is 1. The summed E-state index contributed by atoms with van der Waals surface area (Å²) in [5.41, 5.74) is -1.17. The van der Waals surface area contributed by atoms with E-state index in [2.05, 4.69) is 9.97 Å². The Labute approximate surface area is 111 Å². The molecule has 106 valence electrons. The first-order valence-electron chi connectivity index (χ1n) is 6.14. The van der Waals surface area contributed by atoms with Crippen molar-refractivity contribution >= 4 is 10.9 Å². The van der Waals surface area contributed by atoms with Crippen LogP contribution in [0, 0.1) is 0 Å². The fourth-order valence-electron chi connectivity index (χ4n) is 2.28. The summed E-state index contributed by atoms with van der Waals surface area (Å²) >= 11 is 0. The third-order valence-electron chi connectivity index (χ3n) is 3.37. The van der Waals surface area contributed by atoms with Crippen molar-refractivity contribution in [1.82, 2.24) is 9.97 Å². The molecule has 1 aromatic heterocycles. The summed E-state index contributed by atoms with van der Waals surface area (Å²) in [6.45, 7) is 0.989. The molecule has 1 atom stereocenters. The minimum atomic E-state index is -4.45. The van der Waals surface area contributed by atoms with Crippen molar-refractivity contribution in [2.24, 2.45) is 0 Å². The van der Waals surface area contributed by atoms with E-state index in [1.165, 1.54) is 0 Å². The number of H-pyrrole nitrogens is 1. The van der Waals surface area contributed by atoms with Crippen LogP contribution in [-0.4, -0.2) is 23.2 Å². The number of rotatable bonds is 1. The minimum Gasteiger partial charge on any atom is -0.381 e. The minimum absolute atomic E-state index is 0.0606. The molecule has 1 fully saturated rings. The molecule has 0 amide bonds. The van der Waals surface area contributed by atoms with Crippen LogP contribution in [0.1, 0.15) is 23.7 Å². The normalized spacial score (nSPS) is 19.6. The highest BCUT2D eigenvalue weighted by Crippen LogP contribution is 2.31. The van der Waals surface area contributed by atoms with E-state index in [0.29, 0.717) is 25.5 Å². The second-order valence-corrected chi connectivity index (χ2v) is 4.74. The van der Waals surface area contributed by atoms with E-state index >= 15 is 0 Å². The van der Waals surface area contributed by atoms with E-state index in [1.54, 1.807) is 0 Å². The Morgan fingerprint density at radius 3 is 2.80 bits per heavy atom. The molecule has 0 spiro atoms. The summed E-state index contributed by atoms with van der Waals surface area (Å²) in [5.74, 6) is 0.320. The van der Waals surface area contributed by atoms with Gasteiger partial charge in [-0.3, -0.25) is 4.79 Å². The zero-order valence-electron chi connectivity index (χ0n) is 10.3. The molecule has 1 saturated heterocycles. The number of ether oxygens (including phenoxy) is 1. The van der Waals surface area contributed by atoms with Gasteiger partial charge < -0.3 is 9.72 Å². The average Bonchev–Trinajstić information content (AvgIpc) is 2.90. The monoisotopic (exact) mass is 284 g/mol. The predicted molar refractivity (Wildman–Crippen MR) is 65.5 cm³/mol. The molecular formula is C13H11F3N2O2. The van der Waals surface area contributed by atoms with Crippen LogP contribution >= 0.6 is 0 Å². The third-order valence-corrected chi connectivity index (χ3v) is 3.37. The lowest BCUT2D eigenvalue weighted by Crippen LogP contribution is -2.16. The molecule has 1 unspecified atom stereocenters. The molecule has 1 aromatic carbocycles. The number of aromatic nitrogens is 2. The topological polar surface area (TPSA) is 55.0 Å². The largest absolute Gasteiger partial charge is 0.416 e. The van der Waals surface area contributed by atoms with Crippen LogP contribution in [0.2, 0.25) is 0 Å². The van der Waals surface area contributed by atoms with Crippen molar-refractivity contribution in [3.63, 3.8) is 0 Å². The summed E-state index contributed by atoms with van der Waals surface area (Å²) in [6, 6.07) is 2.94. The van der Waals surface area contributed by atoms with Gasteiger partial charge in [0, 0.05) is 12.5 Å². The van der Waals surface area contributed by atoms with Gasteiger partial charge in [0.2, 0.25) is 0 Å². The van der Waals surface area contributed by atoms with E-state index in [0.717, 1.165) is 18.2 Å². The number of halogens is 3. The second kappa shape index (κ2) is 4.59. The molecule has 20 heavy (non-hydrogen) atoms. The lowest BCUT2D eigenvalue weighted by Gasteiger charge is -2.10. The van der Waals surface area contributed by atoms with Gasteiger partial charge in [-0.25, -0.2) is 4.98 Å². The van der Waals surface area contributed by atoms with E-state index in [4.69, 9.17) is 4.74 Å². The number of alkyl halides is 3. The van der Waals surface area contributed by atoms with Gasteiger partial charge in [0.05, 0.1) is 23.1 Å². The van der Waals surface area contributed by atoms with E-state index in [-0.39, 0.29) is 16.8 Å². The summed E-state index contributed by atoms with van der Waals surface area (Å²) in [6.07, 6.45) is -3.75. The zero-order valence-corrected chi connectivity index (χ0v) is 10.3. The van der Waals surface area contributed by atoms with Crippen LogP contribution in [0.5, 0.6) is 0 Å². The first kappa shape index (κ1) is 13.1. The number of aromatic amines is 1. The number of fused-ring (bicyclic) bond motifs is 1. The molecule has 0 saturated carbocycles. The van der Waals surface area contributed by atoms with Crippen LogP contribution < -0.4 is 5.56 Å². The van der Waals surface area contributed by atoms with Crippen molar-refractivity contribution < 1.29 is 17.9 Å². The number of hydrogen-bond donors (Lipinski definition) is 1. The van der Waals surface area contributed by atoms with Gasteiger partial charge in [-0.1, -0.05) is 0 Å². The summed E-state index contributed by atoms with van der Waals surface area (Å²) in [5, 5.41) is 0.153. The average molecular weight is 284 g/mol. The Balaban J connectivity index is 2.15. The van der Waals surface area contributed by atoms with Gasteiger partial charge in [0.15, 0.2) is 0 Å². The molecule has 3 rings (SSSR count). The second-order valence-electron chi connectivity index (χ2n) is 4.74. The lowest BCUT2D eigenvalue weighted by molar-refractivity contribution is -0.137. The van der Waals surface area contributed by atoms with Crippen LogP contribution in [-0.2, 0) is 10.9 Å². The molecule has 0 radical (unpaired) electrons. The summed E-state index contributed by atoms with van der Waals surface area (Å²) in [7, 11) is 0. The van der Waals surface area contributed by atoms with E-state index in [1.807, 2.05) is 0 Å². The predicted octanol–water partition coefficient (Wildman–Crippen LogP) is 2.45. The third kappa shape index (κ3) is 2.29. The van der Waals surface area contributed by atoms with Gasteiger partial charge in [0.1, 0.15) is 5.82 Å². The first-order valence-corrected chi connectivity index (χ1v) is 6.14. The summed E-state index contributed by atoms with van der Waals surface area (Å²) < 4.78 is 43.3. The van der Waals surface area contributed by atoms with E-state index < -0.39 is 17.3 Å². The zero-order chi connectivity index (χ0) is 14.3. The maximum atomic E-state index is 12.7. The molecular weight excluding hydrogens is 273 g/mol. The van der Waals surface area contributed by atoms with Crippen LogP contribution in [0.25, 0.3) is 10.9 Å². The Bertz CT molecular complexity index is 703. The maximum absolute atomic E-state index is 12.7. The number of hydrogen-bond acceptors (Lipinski definition) is 3. The highest BCUT2D eigenvalue weighted by Gasteiger charge is 2.31. The SMILES string of the molecule is O=c1[nH]c(C2CCOC2)nc2cc(C(F)(F)F)ccc12. The first-order chi connectivity index (χ1) is 9.45. The molecule has 1 aliphatic heterocycles. The van der Waals surface area contributed by atoms with Crippen molar-refractivity contribution in [3.05, 3.63) is 39.9 Å². The van der Waals surface area contributed by atoms with Crippen molar-refractivity contribution in [1.29, 1.82) is 0 Å². The standard InChI is InChI=1S/C13H11F3N2O2/c14-13(15,16)8-1-2-9-10(5-8)17-11(18-12(9)19)7-3-4-20-6-7/h1-2,5,7H,3-4,6H2,(H,17,18,19). The molecule has 4 nitrogen and oxygen atoms in total. The Hall–Kier alpha value is -1.89. The van der Waals surface area contributed by atoms with Crippen molar-refractivity contribution in [2.75, 3.05) is 13.2 Å². The van der Waals surface area contributed by atoms with Gasteiger partial charge >= 0.3 is 6.18 Å². The van der Waals surface area contributed by atoms with Crippen molar-refractivity contribution in [2.45, 2.75) is 18.5 Å². The molecule has 1 N–H and O–H groups in total. The van der Waals surface area contributed by atoms with Crippen LogP contribution in [0.15, 0.2) is 23.0 Å². The molecule has 2 heterocycles. The van der Waals surface area contributed by atoms with Crippen LogP contribution in [0.3, 0.4) is 0 Å².